The summed E-state index contributed by atoms with van der Waals surface area (Å²) in [6, 6.07) is 2.82. The molecule has 20 heavy (non-hydrogen) atoms. The number of hydrogen-bond donors (Lipinski definition) is 2. The van der Waals surface area contributed by atoms with Crippen LogP contribution < -0.4 is 11.1 Å². The first-order valence-corrected chi connectivity index (χ1v) is 6.28. The Bertz CT molecular complexity index is 673. The van der Waals surface area contributed by atoms with Crippen LogP contribution in [-0.2, 0) is 6.54 Å². The van der Waals surface area contributed by atoms with Gasteiger partial charge in [-0.25, -0.2) is 9.37 Å². The Morgan fingerprint density at radius 1 is 1.50 bits per heavy atom. The van der Waals surface area contributed by atoms with E-state index in [0.29, 0.717) is 5.01 Å². The zero-order valence-corrected chi connectivity index (χ0v) is 10.8. The molecule has 0 atom stereocenters. The second-order valence-electron chi connectivity index (χ2n) is 3.74. The maximum absolute atomic E-state index is 13.2. The molecular weight excluding hydrogens is 287 g/mol. The van der Waals surface area contributed by atoms with Crippen LogP contribution >= 0.6 is 11.3 Å². The molecule has 0 fully saturated rings. The Morgan fingerprint density at radius 2 is 2.25 bits per heavy atom. The number of nitrogens with zero attached hydrogens (tertiary/aromatic N) is 2. The number of nitrogens with two attached hydrogens (primary N) is 1. The number of rotatable bonds is 4. The molecule has 0 saturated heterocycles. The second-order valence-corrected chi connectivity index (χ2v) is 4.68. The van der Waals surface area contributed by atoms with Gasteiger partial charge in [0.05, 0.1) is 16.7 Å². The lowest BCUT2D eigenvalue weighted by atomic mass is 10.2. The Balaban J connectivity index is 2.21. The summed E-state index contributed by atoms with van der Waals surface area (Å²) in [5.74, 6) is -1.39. The van der Waals surface area contributed by atoms with Crippen molar-refractivity contribution in [3.63, 3.8) is 0 Å². The number of non-ortho nitro benzene ring substituents is 1. The smallest absolute Gasteiger partial charge is 0.275 e. The number of halogens is 1. The van der Waals surface area contributed by atoms with Crippen LogP contribution in [-0.4, -0.2) is 15.8 Å². The van der Waals surface area contributed by atoms with Crippen molar-refractivity contribution < 1.29 is 14.1 Å². The summed E-state index contributed by atoms with van der Waals surface area (Å²) in [7, 11) is 0. The van der Waals surface area contributed by atoms with E-state index in [1.54, 1.807) is 0 Å². The molecule has 1 amide bonds. The lowest BCUT2D eigenvalue weighted by molar-refractivity contribution is -0.385. The van der Waals surface area contributed by atoms with E-state index in [0.717, 1.165) is 18.2 Å². The topological polar surface area (TPSA) is 111 Å². The molecule has 2 aromatic rings. The van der Waals surface area contributed by atoms with Crippen LogP contribution in [0.25, 0.3) is 0 Å². The summed E-state index contributed by atoms with van der Waals surface area (Å²) < 4.78 is 13.2. The van der Waals surface area contributed by atoms with Crippen molar-refractivity contribution >= 4 is 28.6 Å². The summed E-state index contributed by atoms with van der Waals surface area (Å²) in [4.78, 5) is 25.7. The third kappa shape index (κ3) is 3.13. The monoisotopic (exact) mass is 296 g/mol. The first-order valence-electron chi connectivity index (χ1n) is 5.40. The fraction of sp³-hybridized carbons (Fsp3) is 0.0909. The zero-order valence-electron chi connectivity index (χ0n) is 10.00. The molecule has 7 nitrogen and oxygen atoms in total. The van der Waals surface area contributed by atoms with Gasteiger partial charge in [-0.1, -0.05) is 0 Å². The SMILES string of the molecule is NCc1nc(C(=O)Nc2cc(F)cc([N+](=O)[O-])c2)cs1. The molecule has 0 radical (unpaired) electrons. The number of thiazole rings is 1. The third-order valence-electron chi connectivity index (χ3n) is 2.31. The van der Waals surface area contributed by atoms with Gasteiger partial charge in [-0.2, -0.15) is 0 Å². The first-order chi connectivity index (χ1) is 9.49. The minimum absolute atomic E-state index is 0.0102. The molecule has 3 N–H and O–H groups in total. The molecule has 0 bridgehead atoms. The molecule has 0 unspecified atom stereocenters. The van der Waals surface area contributed by atoms with Gasteiger partial charge < -0.3 is 11.1 Å². The van der Waals surface area contributed by atoms with Crippen molar-refractivity contribution in [1.82, 2.24) is 4.98 Å². The second kappa shape index (κ2) is 5.72. The third-order valence-corrected chi connectivity index (χ3v) is 3.18. The van der Waals surface area contributed by atoms with Gasteiger partial charge in [0.1, 0.15) is 16.5 Å². The normalized spacial score (nSPS) is 10.3. The van der Waals surface area contributed by atoms with Gasteiger partial charge in [0.25, 0.3) is 11.6 Å². The number of carbonyl (C=O) groups is 1. The summed E-state index contributed by atoms with van der Waals surface area (Å²) in [5.41, 5.74) is 5.05. The van der Waals surface area contributed by atoms with Crippen molar-refractivity contribution in [3.05, 3.63) is 50.2 Å². The maximum atomic E-state index is 13.2. The molecule has 1 heterocycles. The molecule has 0 spiro atoms. The lowest BCUT2D eigenvalue weighted by Crippen LogP contribution is -2.13. The average Bonchev–Trinajstić information content (AvgIpc) is 2.86. The molecule has 1 aromatic carbocycles. The Labute approximate surface area is 116 Å². The summed E-state index contributed by atoms with van der Waals surface area (Å²) >= 11 is 1.22. The van der Waals surface area contributed by atoms with Crippen molar-refractivity contribution in [2.75, 3.05) is 5.32 Å². The highest BCUT2D eigenvalue weighted by molar-refractivity contribution is 7.09. The molecule has 0 aliphatic heterocycles. The van der Waals surface area contributed by atoms with Crippen LogP contribution in [0.1, 0.15) is 15.5 Å². The van der Waals surface area contributed by atoms with Crippen LogP contribution in [0.5, 0.6) is 0 Å². The van der Waals surface area contributed by atoms with Crippen molar-refractivity contribution in [3.8, 4) is 0 Å². The van der Waals surface area contributed by atoms with Gasteiger partial charge in [0, 0.05) is 18.0 Å². The van der Waals surface area contributed by atoms with Crippen LogP contribution in [0.15, 0.2) is 23.6 Å². The number of aromatic nitrogens is 1. The number of anilines is 1. The highest BCUT2D eigenvalue weighted by Crippen LogP contribution is 2.21. The van der Waals surface area contributed by atoms with Gasteiger partial charge >= 0.3 is 0 Å². The Morgan fingerprint density at radius 3 is 2.85 bits per heavy atom. The van der Waals surface area contributed by atoms with Gasteiger partial charge in [-0.15, -0.1) is 11.3 Å². The van der Waals surface area contributed by atoms with E-state index in [1.807, 2.05) is 0 Å². The lowest BCUT2D eigenvalue weighted by Gasteiger charge is -2.03. The molecule has 0 aliphatic carbocycles. The van der Waals surface area contributed by atoms with Crippen LogP contribution in [0.2, 0.25) is 0 Å². The zero-order chi connectivity index (χ0) is 14.7. The molecule has 9 heteroatoms. The molecule has 1 aromatic heterocycles. The number of carbonyl (C=O) groups excluding carboxylic acids is 1. The standard InChI is InChI=1S/C11H9FN4O3S/c12-6-1-7(3-8(2-6)16(18)19)14-11(17)9-5-20-10(4-13)15-9/h1-3,5H,4,13H2,(H,14,17). The van der Waals surface area contributed by atoms with Crippen LogP contribution in [0.4, 0.5) is 15.8 Å². The molecule has 0 aliphatic rings. The quantitative estimate of drug-likeness (QED) is 0.661. The van der Waals surface area contributed by atoms with Crippen LogP contribution in [0, 0.1) is 15.9 Å². The molecule has 0 saturated carbocycles. The van der Waals surface area contributed by atoms with Gasteiger partial charge in [-0.3, -0.25) is 14.9 Å². The number of amides is 1. The molecular formula is C11H9FN4O3S. The van der Waals surface area contributed by atoms with E-state index >= 15 is 0 Å². The Kier molecular flexibility index (Phi) is 4.01. The number of benzene rings is 1. The minimum atomic E-state index is -0.810. The summed E-state index contributed by atoms with van der Waals surface area (Å²) in [6.07, 6.45) is 0. The highest BCUT2D eigenvalue weighted by Gasteiger charge is 2.14. The van der Waals surface area contributed by atoms with E-state index in [2.05, 4.69) is 10.3 Å². The van der Waals surface area contributed by atoms with E-state index < -0.39 is 22.3 Å². The van der Waals surface area contributed by atoms with E-state index in [-0.39, 0.29) is 17.9 Å². The van der Waals surface area contributed by atoms with E-state index in [4.69, 9.17) is 5.73 Å². The summed E-state index contributed by atoms with van der Waals surface area (Å²) in [5, 5.41) is 15.0. The van der Waals surface area contributed by atoms with E-state index in [9.17, 15) is 19.3 Å². The fourth-order valence-corrected chi connectivity index (χ4v) is 2.11. The predicted octanol–water partition coefficient (Wildman–Crippen LogP) is 1.90. The van der Waals surface area contributed by atoms with E-state index in [1.165, 1.54) is 16.7 Å². The largest absolute Gasteiger partial charge is 0.325 e. The molecule has 2 rings (SSSR count). The van der Waals surface area contributed by atoms with Crippen LogP contribution in [0.3, 0.4) is 0 Å². The predicted molar refractivity (Wildman–Crippen MR) is 71.0 cm³/mol. The fourth-order valence-electron chi connectivity index (χ4n) is 1.46. The maximum Gasteiger partial charge on any atom is 0.275 e. The minimum Gasteiger partial charge on any atom is -0.325 e. The average molecular weight is 296 g/mol. The number of nitrogens with one attached hydrogen (secondary N) is 1. The van der Waals surface area contributed by atoms with Crippen molar-refractivity contribution in [2.24, 2.45) is 5.73 Å². The van der Waals surface area contributed by atoms with Crippen molar-refractivity contribution in [2.45, 2.75) is 6.54 Å². The number of nitro groups is 1. The first kappa shape index (κ1) is 14.0. The van der Waals surface area contributed by atoms with Gasteiger partial charge in [0.2, 0.25) is 0 Å². The number of hydrogen-bond acceptors (Lipinski definition) is 6. The van der Waals surface area contributed by atoms with Crippen molar-refractivity contribution in [1.29, 1.82) is 0 Å². The Hall–Kier alpha value is -2.39. The number of nitro benzene ring substituents is 1. The summed E-state index contributed by atoms with van der Waals surface area (Å²) in [6.45, 7) is 0.212. The van der Waals surface area contributed by atoms with Gasteiger partial charge in [-0.05, 0) is 6.07 Å². The highest BCUT2D eigenvalue weighted by atomic mass is 32.1. The molecule has 104 valence electrons. The van der Waals surface area contributed by atoms with Gasteiger partial charge in [0.15, 0.2) is 0 Å².